The summed E-state index contributed by atoms with van der Waals surface area (Å²) < 4.78 is 25.1. The lowest BCUT2D eigenvalue weighted by molar-refractivity contribution is 0.0168. The highest BCUT2D eigenvalue weighted by Crippen LogP contribution is 2.45. The Hall–Kier alpha value is -1.45. The van der Waals surface area contributed by atoms with Gasteiger partial charge in [0.1, 0.15) is 0 Å². The van der Waals surface area contributed by atoms with E-state index in [1.807, 2.05) is 0 Å². The van der Waals surface area contributed by atoms with Gasteiger partial charge in [0.05, 0.1) is 5.56 Å². The maximum absolute atomic E-state index is 12.6. The Labute approximate surface area is 91.9 Å². The molecule has 4 heteroatoms. The highest BCUT2D eigenvalue weighted by atomic mass is 19.3. The van der Waals surface area contributed by atoms with E-state index in [4.69, 9.17) is 5.11 Å². The second-order valence-electron chi connectivity index (χ2n) is 4.11. The third-order valence-corrected chi connectivity index (χ3v) is 3.21. The average molecular weight is 226 g/mol. The van der Waals surface area contributed by atoms with E-state index in [2.05, 4.69) is 0 Å². The van der Waals surface area contributed by atoms with Crippen molar-refractivity contribution in [3.8, 4) is 0 Å². The van der Waals surface area contributed by atoms with Crippen LogP contribution < -0.4 is 0 Å². The van der Waals surface area contributed by atoms with Gasteiger partial charge < -0.3 is 5.11 Å². The molecular weight excluding hydrogens is 214 g/mol. The number of benzene rings is 1. The van der Waals surface area contributed by atoms with E-state index in [1.54, 1.807) is 12.1 Å². The van der Waals surface area contributed by atoms with Crippen LogP contribution in [0, 0.1) is 5.92 Å². The van der Waals surface area contributed by atoms with Gasteiger partial charge in [-0.2, -0.15) is 0 Å². The average Bonchev–Trinajstić information content (AvgIpc) is 2.15. The molecule has 2 nitrogen and oxygen atoms in total. The Bertz CT molecular complexity index is 404. The molecule has 1 aliphatic rings. The van der Waals surface area contributed by atoms with Crippen LogP contribution in [0.2, 0.25) is 0 Å². The summed E-state index contributed by atoms with van der Waals surface area (Å²) in [5.41, 5.74) is 0.883. The van der Waals surface area contributed by atoms with Crippen LogP contribution in [0.3, 0.4) is 0 Å². The van der Waals surface area contributed by atoms with Crippen LogP contribution in [0.1, 0.15) is 34.7 Å². The number of carbonyl (C=O) groups is 1. The summed E-state index contributed by atoms with van der Waals surface area (Å²) in [6.45, 7) is 0. The van der Waals surface area contributed by atoms with Gasteiger partial charge in [0.2, 0.25) is 6.43 Å². The molecule has 1 aliphatic carbocycles. The van der Waals surface area contributed by atoms with Gasteiger partial charge >= 0.3 is 5.97 Å². The van der Waals surface area contributed by atoms with Crippen LogP contribution in [0.4, 0.5) is 8.78 Å². The quantitative estimate of drug-likeness (QED) is 0.859. The molecule has 1 aromatic carbocycles. The van der Waals surface area contributed by atoms with Crippen LogP contribution in [-0.4, -0.2) is 17.5 Å². The van der Waals surface area contributed by atoms with Crippen LogP contribution in [0.25, 0.3) is 0 Å². The van der Waals surface area contributed by atoms with Gasteiger partial charge in [0.25, 0.3) is 0 Å². The number of hydrogen-bond donors (Lipinski definition) is 1. The molecule has 0 amide bonds. The number of alkyl halides is 2. The zero-order valence-electron chi connectivity index (χ0n) is 8.57. The minimum Gasteiger partial charge on any atom is -0.478 e. The van der Waals surface area contributed by atoms with E-state index in [9.17, 15) is 13.6 Å². The standard InChI is InChI=1S/C12H12F2O2/c13-11(14)10-5-4-9(10)7-2-1-3-8(6-7)12(15)16/h1-3,6,9-11H,4-5H2,(H,15,16). The van der Waals surface area contributed by atoms with E-state index < -0.39 is 18.3 Å². The van der Waals surface area contributed by atoms with Crippen molar-refractivity contribution in [1.82, 2.24) is 0 Å². The number of rotatable bonds is 3. The highest BCUT2D eigenvalue weighted by Gasteiger charge is 2.38. The van der Waals surface area contributed by atoms with E-state index in [-0.39, 0.29) is 11.5 Å². The lowest BCUT2D eigenvalue weighted by Crippen LogP contribution is -2.29. The molecule has 0 spiro atoms. The third kappa shape index (κ3) is 1.92. The summed E-state index contributed by atoms with van der Waals surface area (Å²) in [7, 11) is 0. The van der Waals surface area contributed by atoms with Gasteiger partial charge in [-0.25, -0.2) is 13.6 Å². The Balaban J connectivity index is 2.21. The molecule has 2 unspecified atom stereocenters. The summed E-state index contributed by atoms with van der Waals surface area (Å²) in [5.74, 6) is -1.81. The lowest BCUT2D eigenvalue weighted by Gasteiger charge is -2.36. The van der Waals surface area contributed by atoms with Gasteiger partial charge in [-0.15, -0.1) is 0 Å². The van der Waals surface area contributed by atoms with Crippen molar-refractivity contribution < 1.29 is 18.7 Å². The van der Waals surface area contributed by atoms with Gasteiger partial charge in [-0.3, -0.25) is 0 Å². The Kier molecular flexibility index (Phi) is 2.90. The van der Waals surface area contributed by atoms with Crippen molar-refractivity contribution in [2.45, 2.75) is 25.2 Å². The number of aromatic carboxylic acids is 1. The lowest BCUT2D eigenvalue weighted by atomic mass is 9.70. The fourth-order valence-electron chi connectivity index (χ4n) is 2.14. The smallest absolute Gasteiger partial charge is 0.335 e. The summed E-state index contributed by atoms with van der Waals surface area (Å²) in [6, 6.07) is 6.31. The van der Waals surface area contributed by atoms with E-state index in [0.29, 0.717) is 6.42 Å². The third-order valence-electron chi connectivity index (χ3n) is 3.21. The monoisotopic (exact) mass is 226 g/mol. The van der Waals surface area contributed by atoms with Crippen LogP contribution in [-0.2, 0) is 0 Å². The molecular formula is C12H12F2O2. The summed E-state index contributed by atoms with van der Waals surface area (Å²) in [6.07, 6.45) is -1.07. The molecule has 0 heterocycles. The highest BCUT2D eigenvalue weighted by molar-refractivity contribution is 5.87. The van der Waals surface area contributed by atoms with Crippen molar-refractivity contribution in [2.75, 3.05) is 0 Å². The molecule has 86 valence electrons. The second-order valence-corrected chi connectivity index (χ2v) is 4.11. The SMILES string of the molecule is O=C(O)c1cccc(C2CCC2C(F)F)c1. The summed E-state index contributed by atoms with van der Waals surface area (Å²) in [4.78, 5) is 10.7. The minimum atomic E-state index is -2.31. The zero-order chi connectivity index (χ0) is 11.7. The van der Waals surface area contributed by atoms with Crippen LogP contribution >= 0.6 is 0 Å². The van der Waals surface area contributed by atoms with E-state index in [0.717, 1.165) is 12.0 Å². The predicted octanol–water partition coefficient (Wildman–Crippen LogP) is 3.14. The molecule has 0 radical (unpaired) electrons. The number of carboxylic acid groups (broad SMARTS) is 1. The molecule has 1 aromatic rings. The zero-order valence-corrected chi connectivity index (χ0v) is 8.57. The molecule has 0 bridgehead atoms. The molecule has 1 saturated carbocycles. The molecule has 0 saturated heterocycles. The fraction of sp³-hybridized carbons (Fsp3) is 0.417. The molecule has 16 heavy (non-hydrogen) atoms. The second kappa shape index (κ2) is 4.20. The van der Waals surface area contributed by atoms with Crippen LogP contribution in [0.15, 0.2) is 24.3 Å². The van der Waals surface area contributed by atoms with Crippen molar-refractivity contribution >= 4 is 5.97 Å². The van der Waals surface area contributed by atoms with Gasteiger partial charge in [0, 0.05) is 5.92 Å². The van der Waals surface area contributed by atoms with Crippen molar-refractivity contribution in [2.24, 2.45) is 5.92 Å². The Morgan fingerprint density at radius 2 is 2.12 bits per heavy atom. The van der Waals surface area contributed by atoms with Crippen LogP contribution in [0.5, 0.6) is 0 Å². The Morgan fingerprint density at radius 3 is 2.62 bits per heavy atom. The molecule has 2 atom stereocenters. The molecule has 0 aromatic heterocycles. The first kappa shape index (κ1) is 11.0. The minimum absolute atomic E-state index is 0.164. The first-order valence-corrected chi connectivity index (χ1v) is 5.21. The van der Waals surface area contributed by atoms with E-state index in [1.165, 1.54) is 12.1 Å². The maximum Gasteiger partial charge on any atom is 0.335 e. The maximum atomic E-state index is 12.6. The number of halogens is 2. The molecule has 1 N–H and O–H groups in total. The topological polar surface area (TPSA) is 37.3 Å². The first-order chi connectivity index (χ1) is 7.59. The first-order valence-electron chi connectivity index (χ1n) is 5.21. The molecule has 1 fully saturated rings. The van der Waals surface area contributed by atoms with Crippen molar-refractivity contribution in [3.05, 3.63) is 35.4 Å². The number of hydrogen-bond acceptors (Lipinski definition) is 1. The summed E-state index contributed by atoms with van der Waals surface area (Å²) >= 11 is 0. The normalized spacial score (nSPS) is 24.2. The molecule has 2 rings (SSSR count). The Morgan fingerprint density at radius 1 is 1.38 bits per heavy atom. The van der Waals surface area contributed by atoms with Crippen molar-refractivity contribution in [1.29, 1.82) is 0 Å². The summed E-state index contributed by atoms with van der Waals surface area (Å²) in [5, 5.41) is 8.81. The van der Waals surface area contributed by atoms with Gasteiger partial charge in [-0.1, -0.05) is 12.1 Å². The van der Waals surface area contributed by atoms with E-state index >= 15 is 0 Å². The predicted molar refractivity (Wildman–Crippen MR) is 54.9 cm³/mol. The van der Waals surface area contributed by atoms with Crippen molar-refractivity contribution in [3.63, 3.8) is 0 Å². The fourth-order valence-corrected chi connectivity index (χ4v) is 2.14. The molecule has 0 aliphatic heterocycles. The van der Waals surface area contributed by atoms with Gasteiger partial charge in [-0.05, 0) is 36.5 Å². The largest absolute Gasteiger partial charge is 0.478 e. The van der Waals surface area contributed by atoms with Gasteiger partial charge in [0.15, 0.2) is 0 Å². The number of carboxylic acids is 1.